The van der Waals surface area contributed by atoms with Gasteiger partial charge in [0.05, 0.1) is 30.7 Å². The molecule has 0 spiro atoms. The quantitative estimate of drug-likeness (QED) is 0.292. The van der Waals surface area contributed by atoms with E-state index in [1.54, 1.807) is 25.1 Å². The third-order valence-electron chi connectivity index (χ3n) is 4.95. The number of ether oxygens (including phenoxy) is 2. The Labute approximate surface area is 177 Å². The first-order valence-electron chi connectivity index (χ1n) is 9.38. The Morgan fingerprint density at radius 1 is 1.23 bits per heavy atom. The van der Waals surface area contributed by atoms with Gasteiger partial charge in [-0.3, -0.25) is 29.4 Å². The van der Waals surface area contributed by atoms with Gasteiger partial charge < -0.3 is 14.6 Å². The van der Waals surface area contributed by atoms with Crippen LogP contribution >= 0.6 is 0 Å². The Balaban J connectivity index is 1.94. The fourth-order valence-corrected chi connectivity index (χ4v) is 3.51. The van der Waals surface area contributed by atoms with Gasteiger partial charge in [-0.05, 0) is 25.1 Å². The topological polar surface area (TPSA) is 136 Å². The van der Waals surface area contributed by atoms with Crippen molar-refractivity contribution in [3.8, 4) is 5.75 Å². The average Bonchev–Trinajstić information content (AvgIpc) is 2.95. The van der Waals surface area contributed by atoms with Crippen LogP contribution in [-0.4, -0.2) is 48.0 Å². The van der Waals surface area contributed by atoms with Crippen LogP contribution in [-0.2, 0) is 19.9 Å². The minimum Gasteiger partial charge on any atom is -0.490 e. The number of nitro benzene ring substituents is 1. The Bertz CT molecular complexity index is 1070. The predicted octanol–water partition coefficient (Wildman–Crippen LogP) is 1.97. The first-order chi connectivity index (χ1) is 14.7. The lowest BCUT2D eigenvalue weighted by molar-refractivity contribution is -0.385. The molecule has 10 heteroatoms. The van der Waals surface area contributed by atoms with Gasteiger partial charge in [0.1, 0.15) is 6.54 Å². The Morgan fingerprint density at radius 3 is 2.58 bits per heavy atom. The number of hydrogen-bond donors (Lipinski definition) is 1. The molecule has 31 heavy (non-hydrogen) atoms. The van der Waals surface area contributed by atoms with Crippen molar-refractivity contribution in [3.63, 3.8) is 0 Å². The maximum Gasteiger partial charge on any atom is 0.326 e. The summed E-state index contributed by atoms with van der Waals surface area (Å²) in [5, 5.41) is 22.5. The van der Waals surface area contributed by atoms with E-state index in [4.69, 9.17) is 9.47 Å². The van der Waals surface area contributed by atoms with E-state index in [2.05, 4.69) is 0 Å². The first kappa shape index (κ1) is 21.9. The SMILES string of the molecule is CCOC(=O)CN1C(=O)[C@@](O)(CC(=O)c2ccc(OC)c([N+](=O)[O-])c2)c2ccccc21. The molecule has 1 amide bonds. The number of fused-ring (bicyclic) bond motifs is 1. The predicted molar refractivity (Wildman–Crippen MR) is 108 cm³/mol. The molecule has 1 heterocycles. The van der Waals surface area contributed by atoms with Crippen molar-refractivity contribution in [1.29, 1.82) is 0 Å². The summed E-state index contributed by atoms with van der Waals surface area (Å²) in [7, 11) is 1.26. The van der Waals surface area contributed by atoms with Crippen LogP contribution in [0.25, 0.3) is 0 Å². The number of aliphatic hydroxyl groups is 1. The van der Waals surface area contributed by atoms with E-state index in [0.29, 0.717) is 0 Å². The molecule has 0 bridgehead atoms. The van der Waals surface area contributed by atoms with Gasteiger partial charge >= 0.3 is 11.7 Å². The number of carbonyl (C=O) groups is 3. The Hall–Kier alpha value is -3.79. The lowest BCUT2D eigenvalue weighted by Crippen LogP contribution is -2.44. The van der Waals surface area contributed by atoms with Crippen molar-refractivity contribution in [2.24, 2.45) is 0 Å². The van der Waals surface area contributed by atoms with Gasteiger partial charge in [-0.1, -0.05) is 18.2 Å². The van der Waals surface area contributed by atoms with E-state index in [9.17, 15) is 29.6 Å². The highest BCUT2D eigenvalue weighted by Crippen LogP contribution is 2.43. The number of nitro groups is 1. The highest BCUT2D eigenvalue weighted by molar-refractivity contribution is 6.12. The van der Waals surface area contributed by atoms with Crippen molar-refractivity contribution >= 4 is 29.0 Å². The van der Waals surface area contributed by atoms with Crippen LogP contribution in [0.4, 0.5) is 11.4 Å². The van der Waals surface area contributed by atoms with Crippen molar-refractivity contribution < 1.29 is 33.9 Å². The monoisotopic (exact) mass is 428 g/mol. The molecule has 0 radical (unpaired) electrons. The summed E-state index contributed by atoms with van der Waals surface area (Å²) in [6, 6.07) is 9.88. The Kier molecular flexibility index (Phi) is 6.02. The molecule has 0 aromatic heterocycles. The molecule has 3 rings (SSSR count). The number of methoxy groups -OCH3 is 1. The zero-order chi connectivity index (χ0) is 22.8. The molecule has 10 nitrogen and oxygen atoms in total. The van der Waals surface area contributed by atoms with E-state index in [1.165, 1.54) is 25.3 Å². The summed E-state index contributed by atoms with van der Waals surface area (Å²) < 4.78 is 9.81. The number of carbonyl (C=O) groups excluding carboxylic acids is 3. The van der Waals surface area contributed by atoms with E-state index in [-0.39, 0.29) is 29.2 Å². The van der Waals surface area contributed by atoms with Crippen molar-refractivity contribution in [3.05, 3.63) is 63.7 Å². The molecule has 0 fully saturated rings. The molecule has 1 aliphatic heterocycles. The van der Waals surface area contributed by atoms with E-state index >= 15 is 0 Å². The van der Waals surface area contributed by atoms with Crippen LogP contribution in [0.3, 0.4) is 0 Å². The van der Waals surface area contributed by atoms with Gasteiger partial charge in [-0.25, -0.2) is 0 Å². The highest BCUT2D eigenvalue weighted by atomic mass is 16.6. The largest absolute Gasteiger partial charge is 0.490 e. The van der Waals surface area contributed by atoms with Gasteiger partial charge in [-0.15, -0.1) is 0 Å². The minimum absolute atomic E-state index is 0.0249. The van der Waals surface area contributed by atoms with E-state index in [1.807, 2.05) is 0 Å². The summed E-state index contributed by atoms with van der Waals surface area (Å²) in [4.78, 5) is 49.5. The molecular weight excluding hydrogens is 408 g/mol. The maximum absolute atomic E-state index is 13.1. The number of esters is 1. The molecule has 1 aliphatic rings. The summed E-state index contributed by atoms with van der Waals surface area (Å²) in [6.45, 7) is 1.33. The molecule has 0 saturated heterocycles. The van der Waals surface area contributed by atoms with Gasteiger partial charge in [0.15, 0.2) is 17.1 Å². The zero-order valence-corrected chi connectivity index (χ0v) is 16.9. The number of benzene rings is 2. The number of nitrogens with zero attached hydrogens (tertiary/aromatic N) is 2. The second-order valence-corrected chi connectivity index (χ2v) is 6.82. The van der Waals surface area contributed by atoms with E-state index < -0.39 is 46.8 Å². The van der Waals surface area contributed by atoms with Gasteiger partial charge in [-0.2, -0.15) is 0 Å². The molecule has 162 valence electrons. The summed E-state index contributed by atoms with van der Waals surface area (Å²) >= 11 is 0. The molecule has 0 saturated carbocycles. The number of amides is 1. The normalized spacial score (nSPS) is 17.3. The fourth-order valence-electron chi connectivity index (χ4n) is 3.51. The lowest BCUT2D eigenvalue weighted by Gasteiger charge is -2.22. The second kappa shape index (κ2) is 8.52. The summed E-state index contributed by atoms with van der Waals surface area (Å²) in [6.07, 6.45) is -0.661. The fraction of sp³-hybridized carbons (Fsp3) is 0.286. The van der Waals surface area contributed by atoms with Crippen LogP contribution in [0.5, 0.6) is 5.75 Å². The minimum atomic E-state index is -2.23. The smallest absolute Gasteiger partial charge is 0.326 e. The number of para-hydroxylation sites is 1. The van der Waals surface area contributed by atoms with E-state index in [0.717, 1.165) is 11.0 Å². The average molecular weight is 428 g/mol. The number of rotatable bonds is 8. The van der Waals surface area contributed by atoms with Gasteiger partial charge in [0.2, 0.25) is 0 Å². The molecule has 1 atom stereocenters. The van der Waals surface area contributed by atoms with Crippen LogP contribution in [0, 0.1) is 10.1 Å². The molecule has 2 aromatic rings. The highest BCUT2D eigenvalue weighted by Gasteiger charge is 2.51. The molecule has 0 unspecified atom stereocenters. The summed E-state index contributed by atoms with van der Waals surface area (Å²) in [5.74, 6) is -2.22. The standard InChI is InChI=1S/C21H20N2O8/c1-3-31-19(25)12-22-15-7-5-4-6-14(15)21(27,20(22)26)11-17(24)13-8-9-18(30-2)16(10-13)23(28)29/h4-10,27H,3,11-12H2,1-2H3/t21-/m1/s1. The lowest BCUT2D eigenvalue weighted by atomic mass is 9.88. The molecule has 1 N–H and O–H groups in total. The maximum atomic E-state index is 13.1. The number of anilines is 1. The first-order valence-corrected chi connectivity index (χ1v) is 9.38. The third-order valence-corrected chi connectivity index (χ3v) is 4.95. The van der Waals surface area contributed by atoms with Crippen molar-refractivity contribution in [1.82, 2.24) is 0 Å². The van der Waals surface area contributed by atoms with Crippen LogP contribution in [0.15, 0.2) is 42.5 Å². The third kappa shape index (κ3) is 3.97. The number of ketones is 1. The van der Waals surface area contributed by atoms with Crippen LogP contribution in [0.2, 0.25) is 0 Å². The molecule has 0 aliphatic carbocycles. The van der Waals surface area contributed by atoms with Crippen molar-refractivity contribution in [2.75, 3.05) is 25.2 Å². The van der Waals surface area contributed by atoms with Crippen molar-refractivity contribution in [2.45, 2.75) is 18.9 Å². The molecule has 2 aromatic carbocycles. The summed E-state index contributed by atoms with van der Waals surface area (Å²) in [5.41, 5.74) is -2.25. The van der Waals surface area contributed by atoms with Crippen LogP contribution in [0.1, 0.15) is 29.3 Å². The second-order valence-electron chi connectivity index (χ2n) is 6.82. The number of Topliss-reactive ketones (excluding diaryl/α,β-unsaturated/α-hetero) is 1. The molecular formula is C21H20N2O8. The Morgan fingerprint density at radius 2 is 1.94 bits per heavy atom. The van der Waals surface area contributed by atoms with Gasteiger partial charge in [0, 0.05) is 17.2 Å². The number of hydrogen-bond acceptors (Lipinski definition) is 8. The van der Waals surface area contributed by atoms with Crippen LogP contribution < -0.4 is 9.64 Å². The zero-order valence-electron chi connectivity index (χ0n) is 16.9. The van der Waals surface area contributed by atoms with Gasteiger partial charge in [0.25, 0.3) is 5.91 Å².